The molecule has 0 saturated carbocycles. The fraction of sp³-hybridized carbons (Fsp3) is 0.286. The second-order valence-electron chi connectivity index (χ2n) is 5.08. The van der Waals surface area contributed by atoms with Gasteiger partial charge in [0.1, 0.15) is 17.4 Å². The highest BCUT2D eigenvalue weighted by Gasteiger charge is 2.43. The van der Waals surface area contributed by atoms with Gasteiger partial charge < -0.3 is 20.2 Å². The van der Waals surface area contributed by atoms with Gasteiger partial charge in [0.05, 0.1) is 5.56 Å². The summed E-state index contributed by atoms with van der Waals surface area (Å²) in [6.45, 7) is 0.349. The van der Waals surface area contributed by atoms with Gasteiger partial charge >= 0.3 is 5.97 Å². The molecule has 1 aromatic carbocycles. The van der Waals surface area contributed by atoms with Crippen molar-refractivity contribution in [3.05, 3.63) is 36.1 Å². The van der Waals surface area contributed by atoms with Crippen LogP contribution in [0.15, 0.2) is 34.9 Å². The number of aliphatic carboxylic acids is 1. The molecule has 0 aliphatic carbocycles. The van der Waals surface area contributed by atoms with Gasteiger partial charge in [0.25, 0.3) is 5.91 Å². The number of nitrogens with two attached hydrogens (primary N) is 1. The number of hydrogen-bond acceptors (Lipinski definition) is 4. The molecule has 2 heterocycles. The minimum absolute atomic E-state index is 0.0146. The number of rotatable bonds is 2. The number of carbonyl (C=O) groups is 2. The van der Waals surface area contributed by atoms with Crippen LogP contribution in [-0.2, 0) is 4.79 Å². The highest BCUT2D eigenvalue weighted by Crippen LogP contribution is 2.26. The van der Waals surface area contributed by atoms with Crippen LogP contribution in [0.3, 0.4) is 0 Å². The van der Waals surface area contributed by atoms with Crippen molar-refractivity contribution in [2.75, 3.05) is 13.1 Å². The number of benzene rings is 1. The molecule has 1 aromatic heterocycles. The SMILES string of the molecule is NC1(C(=O)O)CCN(C(=O)c2coc3ccccc23)C1. The normalized spacial score (nSPS) is 22.4. The number of carboxylic acid groups (broad SMARTS) is 1. The van der Waals surface area contributed by atoms with Crippen molar-refractivity contribution >= 4 is 22.8 Å². The van der Waals surface area contributed by atoms with Crippen LogP contribution in [0.5, 0.6) is 0 Å². The van der Waals surface area contributed by atoms with E-state index in [0.29, 0.717) is 17.7 Å². The van der Waals surface area contributed by atoms with Gasteiger partial charge in [0, 0.05) is 18.5 Å². The Kier molecular flexibility index (Phi) is 2.76. The average Bonchev–Trinajstić information content (AvgIpc) is 3.03. The molecule has 20 heavy (non-hydrogen) atoms. The third kappa shape index (κ3) is 1.85. The molecule has 1 fully saturated rings. The first-order valence-electron chi connectivity index (χ1n) is 6.29. The van der Waals surface area contributed by atoms with Crippen LogP contribution < -0.4 is 5.73 Å². The second kappa shape index (κ2) is 4.35. The molecule has 1 aliphatic rings. The number of carboxylic acids is 1. The number of likely N-dealkylation sites (tertiary alicyclic amines) is 1. The average molecular weight is 274 g/mol. The fourth-order valence-electron chi connectivity index (χ4n) is 2.49. The minimum atomic E-state index is -1.35. The molecule has 1 unspecified atom stereocenters. The molecule has 3 N–H and O–H groups in total. The van der Waals surface area contributed by atoms with Gasteiger partial charge in [0.15, 0.2) is 0 Å². The highest BCUT2D eigenvalue weighted by molar-refractivity contribution is 6.06. The van der Waals surface area contributed by atoms with E-state index in [1.54, 1.807) is 12.1 Å². The summed E-state index contributed by atoms with van der Waals surface area (Å²) < 4.78 is 5.33. The molecular formula is C14H14N2O4. The zero-order valence-electron chi connectivity index (χ0n) is 10.7. The van der Waals surface area contributed by atoms with Gasteiger partial charge in [-0.1, -0.05) is 18.2 Å². The van der Waals surface area contributed by atoms with Crippen LogP contribution in [0.1, 0.15) is 16.8 Å². The summed E-state index contributed by atoms with van der Waals surface area (Å²) >= 11 is 0. The predicted octanol–water partition coefficient (Wildman–Crippen LogP) is 1.06. The Morgan fingerprint density at radius 2 is 2.10 bits per heavy atom. The molecule has 0 radical (unpaired) electrons. The Hall–Kier alpha value is -2.34. The van der Waals surface area contributed by atoms with E-state index in [1.165, 1.54) is 11.2 Å². The zero-order valence-corrected chi connectivity index (χ0v) is 10.7. The molecule has 6 nitrogen and oxygen atoms in total. The van der Waals surface area contributed by atoms with Gasteiger partial charge in [-0.15, -0.1) is 0 Å². The number of furan rings is 1. The summed E-state index contributed by atoms with van der Waals surface area (Å²) in [5.41, 5.74) is 5.50. The second-order valence-corrected chi connectivity index (χ2v) is 5.08. The number of fused-ring (bicyclic) bond motifs is 1. The van der Waals surface area contributed by atoms with Crippen molar-refractivity contribution < 1.29 is 19.1 Å². The van der Waals surface area contributed by atoms with E-state index in [-0.39, 0.29) is 18.9 Å². The fourth-order valence-corrected chi connectivity index (χ4v) is 2.49. The summed E-state index contributed by atoms with van der Waals surface area (Å²) in [6, 6.07) is 7.23. The molecule has 1 saturated heterocycles. The summed E-state index contributed by atoms with van der Waals surface area (Å²) in [6.07, 6.45) is 1.66. The molecule has 0 spiro atoms. The quantitative estimate of drug-likeness (QED) is 0.853. The van der Waals surface area contributed by atoms with E-state index >= 15 is 0 Å². The Morgan fingerprint density at radius 1 is 1.35 bits per heavy atom. The molecule has 1 amide bonds. The van der Waals surface area contributed by atoms with E-state index in [2.05, 4.69) is 0 Å². The lowest BCUT2D eigenvalue weighted by molar-refractivity contribution is -0.142. The number of hydrogen-bond donors (Lipinski definition) is 2. The van der Waals surface area contributed by atoms with Crippen molar-refractivity contribution in [3.8, 4) is 0 Å². The molecule has 1 atom stereocenters. The van der Waals surface area contributed by atoms with Crippen molar-refractivity contribution in [2.24, 2.45) is 5.73 Å². The van der Waals surface area contributed by atoms with E-state index in [9.17, 15) is 9.59 Å². The third-order valence-corrected chi connectivity index (χ3v) is 3.73. The Morgan fingerprint density at radius 3 is 2.80 bits per heavy atom. The van der Waals surface area contributed by atoms with Crippen LogP contribution >= 0.6 is 0 Å². The van der Waals surface area contributed by atoms with Crippen LogP contribution in [-0.4, -0.2) is 40.5 Å². The van der Waals surface area contributed by atoms with Crippen molar-refractivity contribution in [1.82, 2.24) is 4.90 Å². The number of carbonyl (C=O) groups excluding carboxylic acids is 1. The summed E-state index contributed by atoms with van der Waals surface area (Å²) in [5, 5.41) is 9.82. The van der Waals surface area contributed by atoms with Crippen molar-refractivity contribution in [2.45, 2.75) is 12.0 Å². The van der Waals surface area contributed by atoms with Crippen LogP contribution in [0, 0.1) is 0 Å². The first-order valence-corrected chi connectivity index (χ1v) is 6.29. The molecule has 2 aromatic rings. The predicted molar refractivity (Wildman–Crippen MR) is 71.3 cm³/mol. The van der Waals surface area contributed by atoms with Crippen molar-refractivity contribution in [3.63, 3.8) is 0 Å². The molecule has 1 aliphatic heterocycles. The van der Waals surface area contributed by atoms with Crippen molar-refractivity contribution in [1.29, 1.82) is 0 Å². The Bertz CT molecular complexity index is 693. The molecular weight excluding hydrogens is 260 g/mol. The summed E-state index contributed by atoms with van der Waals surface area (Å²) in [7, 11) is 0. The lowest BCUT2D eigenvalue weighted by Gasteiger charge is -2.19. The van der Waals surface area contributed by atoms with E-state index < -0.39 is 11.5 Å². The van der Waals surface area contributed by atoms with E-state index in [4.69, 9.17) is 15.3 Å². The van der Waals surface area contributed by atoms with Crippen LogP contribution in [0.25, 0.3) is 11.0 Å². The largest absolute Gasteiger partial charge is 0.480 e. The van der Waals surface area contributed by atoms with Gasteiger partial charge in [-0.2, -0.15) is 0 Å². The van der Waals surface area contributed by atoms with Gasteiger partial charge in [-0.25, -0.2) is 0 Å². The maximum atomic E-state index is 12.4. The third-order valence-electron chi connectivity index (χ3n) is 3.73. The standard InChI is InChI=1S/C14H14N2O4/c15-14(13(18)19)5-6-16(8-14)12(17)10-7-20-11-4-2-1-3-9(10)11/h1-4,7H,5-6,8,15H2,(H,18,19). The van der Waals surface area contributed by atoms with Gasteiger partial charge in [-0.3, -0.25) is 9.59 Å². The Labute approximate surface area is 114 Å². The van der Waals surface area contributed by atoms with E-state index in [1.807, 2.05) is 12.1 Å². The highest BCUT2D eigenvalue weighted by atomic mass is 16.4. The molecule has 104 valence electrons. The number of para-hydroxylation sites is 1. The molecule has 3 rings (SSSR count). The van der Waals surface area contributed by atoms with Gasteiger partial charge in [-0.05, 0) is 12.5 Å². The van der Waals surface area contributed by atoms with Crippen LogP contribution in [0.4, 0.5) is 0 Å². The smallest absolute Gasteiger partial charge is 0.325 e. The maximum Gasteiger partial charge on any atom is 0.325 e. The maximum absolute atomic E-state index is 12.4. The number of amides is 1. The van der Waals surface area contributed by atoms with Crippen LogP contribution in [0.2, 0.25) is 0 Å². The van der Waals surface area contributed by atoms with Gasteiger partial charge in [0.2, 0.25) is 0 Å². The minimum Gasteiger partial charge on any atom is -0.480 e. The molecule has 6 heteroatoms. The summed E-state index contributed by atoms with van der Waals surface area (Å²) in [4.78, 5) is 25.0. The topological polar surface area (TPSA) is 96.8 Å². The zero-order chi connectivity index (χ0) is 14.3. The summed E-state index contributed by atoms with van der Waals surface area (Å²) in [5.74, 6) is -1.33. The lowest BCUT2D eigenvalue weighted by atomic mass is 10.0. The first kappa shape index (κ1) is 12.7. The van der Waals surface area contributed by atoms with E-state index in [0.717, 1.165) is 5.39 Å². The molecule has 0 bridgehead atoms. The Balaban J connectivity index is 1.89. The first-order chi connectivity index (χ1) is 9.51. The lowest BCUT2D eigenvalue weighted by Crippen LogP contribution is -2.50. The monoisotopic (exact) mass is 274 g/mol. The number of nitrogens with zero attached hydrogens (tertiary/aromatic N) is 1.